The van der Waals surface area contributed by atoms with Crippen LogP contribution in [0.4, 0.5) is 0 Å². The molecular weight excluding hydrogens is 873 g/mol. The van der Waals surface area contributed by atoms with Crippen molar-refractivity contribution in [2.24, 2.45) is 0 Å². The smallest absolute Gasteiger partial charge is 0.193 e. The molecule has 0 aromatic heterocycles. The Bertz CT molecular complexity index is 2970. The molecule has 0 bridgehead atoms. The minimum Gasteiger partial charge on any atom is -0.488 e. The van der Waals surface area contributed by atoms with Crippen LogP contribution in [0.25, 0.3) is 11.1 Å². The van der Waals surface area contributed by atoms with Crippen LogP contribution >= 0.6 is 11.8 Å². The van der Waals surface area contributed by atoms with E-state index in [4.69, 9.17) is 18.9 Å². The Morgan fingerprint density at radius 2 is 0.681 bits per heavy atom. The lowest BCUT2D eigenvalue weighted by molar-refractivity contribution is 0.0839. The number of ketones is 2. The molecule has 348 valence electrons. The Balaban J connectivity index is 0.805. The van der Waals surface area contributed by atoms with Gasteiger partial charge in [-0.2, -0.15) is 0 Å². The molecule has 0 aliphatic carbocycles. The van der Waals surface area contributed by atoms with Crippen LogP contribution in [0.3, 0.4) is 0 Å². The molecular formula is C62H58O6S. The second-order valence-electron chi connectivity index (χ2n) is 19.0. The van der Waals surface area contributed by atoms with Crippen LogP contribution in [0.1, 0.15) is 110 Å². The summed E-state index contributed by atoms with van der Waals surface area (Å²) in [4.78, 5) is 28.8. The van der Waals surface area contributed by atoms with Gasteiger partial charge in [0.05, 0.1) is 0 Å². The molecule has 0 spiro atoms. The van der Waals surface area contributed by atoms with Crippen molar-refractivity contribution in [3.63, 3.8) is 0 Å². The molecule has 0 fully saturated rings. The minimum absolute atomic E-state index is 0.0122. The van der Waals surface area contributed by atoms with Gasteiger partial charge in [0.25, 0.3) is 0 Å². The summed E-state index contributed by atoms with van der Waals surface area (Å²) in [5.41, 5.74) is 6.10. The van der Waals surface area contributed by atoms with E-state index in [0.29, 0.717) is 51.2 Å². The van der Waals surface area contributed by atoms with Gasteiger partial charge in [0.15, 0.2) is 11.6 Å². The number of ether oxygens (including phenoxy) is 4. The highest BCUT2D eigenvalue weighted by molar-refractivity contribution is 7.99. The van der Waals surface area contributed by atoms with E-state index in [1.807, 2.05) is 166 Å². The molecule has 1 unspecified atom stereocenters. The van der Waals surface area contributed by atoms with Gasteiger partial charge >= 0.3 is 0 Å². The summed E-state index contributed by atoms with van der Waals surface area (Å²) < 4.78 is 24.7. The lowest BCUT2D eigenvalue weighted by atomic mass is 9.85. The van der Waals surface area contributed by atoms with Gasteiger partial charge < -0.3 is 18.9 Å². The zero-order valence-corrected chi connectivity index (χ0v) is 41.3. The highest BCUT2D eigenvalue weighted by Crippen LogP contribution is 2.36. The van der Waals surface area contributed by atoms with Gasteiger partial charge in [-0.15, -0.1) is 0 Å². The molecule has 0 amide bonds. The molecule has 0 N–H and O–H groups in total. The van der Waals surface area contributed by atoms with E-state index in [2.05, 4.69) is 58.9 Å². The predicted octanol–water partition coefficient (Wildman–Crippen LogP) is 16.8. The molecule has 69 heavy (non-hydrogen) atoms. The topological polar surface area (TPSA) is 71.1 Å². The van der Waals surface area contributed by atoms with Gasteiger partial charge in [0, 0.05) is 38.0 Å². The van der Waals surface area contributed by atoms with Crippen LogP contribution in [-0.2, 0) is 0 Å². The average molecular weight is 931 g/mol. The molecule has 0 heterocycles. The molecule has 0 aliphatic heterocycles. The fourth-order valence-corrected chi connectivity index (χ4v) is 8.58. The van der Waals surface area contributed by atoms with Crippen LogP contribution in [-0.4, -0.2) is 22.8 Å². The fraction of sp³-hybridized carbons (Fsp3) is 0.194. The Morgan fingerprint density at radius 3 is 1.06 bits per heavy atom. The lowest BCUT2D eigenvalue weighted by Gasteiger charge is -2.33. The summed E-state index contributed by atoms with van der Waals surface area (Å²) in [6.45, 7) is 16.7. The third-order valence-corrected chi connectivity index (χ3v) is 13.0. The van der Waals surface area contributed by atoms with Crippen LogP contribution < -0.4 is 18.9 Å². The standard InChI is InChI=1S/C62H58O6S/c1-41(2)43-9-13-47(14-10-43)59(63)49-21-27-52(28-22-49)65-51-25-17-45(18-26-51)46-19-31-56(32-20-46)68-62(7,8)42(3)44-11-15-48(16-12-44)60(64)50-23-29-53(30-24-50)66-54-33-37-57(38-34-54)69-58-39-35-55(36-40-58)67-61(4,5)6/h9-42H,1-8H3. The maximum Gasteiger partial charge on any atom is 0.193 e. The largest absolute Gasteiger partial charge is 0.488 e. The van der Waals surface area contributed by atoms with Gasteiger partial charge in [-0.1, -0.05) is 105 Å². The fourth-order valence-electron chi connectivity index (χ4n) is 7.76. The average Bonchev–Trinajstić information content (AvgIpc) is 3.35. The van der Waals surface area contributed by atoms with Crippen LogP contribution in [0.15, 0.2) is 204 Å². The van der Waals surface area contributed by atoms with Crippen LogP contribution in [0.2, 0.25) is 0 Å². The van der Waals surface area contributed by atoms with E-state index in [9.17, 15) is 9.59 Å². The van der Waals surface area contributed by atoms with Gasteiger partial charge in [0.2, 0.25) is 0 Å². The normalized spacial score (nSPS) is 12.0. The zero-order chi connectivity index (χ0) is 48.7. The summed E-state index contributed by atoms with van der Waals surface area (Å²) in [7, 11) is 0. The quantitative estimate of drug-likeness (QED) is 0.0842. The van der Waals surface area contributed by atoms with Crippen molar-refractivity contribution in [1.82, 2.24) is 0 Å². The number of hydrogen-bond donors (Lipinski definition) is 0. The monoisotopic (exact) mass is 930 g/mol. The van der Waals surface area contributed by atoms with Crippen LogP contribution in [0, 0.1) is 0 Å². The molecule has 0 saturated carbocycles. The Kier molecular flexibility index (Phi) is 14.6. The third kappa shape index (κ3) is 12.6. The van der Waals surface area contributed by atoms with Gasteiger partial charge in [-0.3, -0.25) is 9.59 Å². The van der Waals surface area contributed by atoms with E-state index in [1.165, 1.54) is 5.56 Å². The maximum absolute atomic E-state index is 13.5. The summed E-state index contributed by atoms with van der Waals surface area (Å²) in [5.74, 6) is 4.73. The van der Waals surface area contributed by atoms with Crippen molar-refractivity contribution < 1.29 is 28.5 Å². The molecule has 8 rings (SSSR count). The first kappa shape index (κ1) is 48.1. The molecule has 6 nitrogen and oxygen atoms in total. The number of carbonyl (C=O) groups excluding carboxylic acids is 2. The first-order chi connectivity index (χ1) is 33.0. The summed E-state index contributed by atoms with van der Waals surface area (Å²) in [6.07, 6.45) is 0. The van der Waals surface area contributed by atoms with E-state index < -0.39 is 5.60 Å². The highest BCUT2D eigenvalue weighted by Gasteiger charge is 2.30. The number of rotatable bonds is 17. The Labute approximate surface area is 411 Å². The van der Waals surface area contributed by atoms with Crippen molar-refractivity contribution >= 4 is 23.3 Å². The van der Waals surface area contributed by atoms with Crippen molar-refractivity contribution in [1.29, 1.82) is 0 Å². The molecule has 0 radical (unpaired) electrons. The second kappa shape index (κ2) is 20.9. The number of hydrogen-bond acceptors (Lipinski definition) is 7. The molecule has 8 aromatic rings. The maximum atomic E-state index is 13.5. The van der Waals surface area contributed by atoms with Crippen molar-refractivity contribution in [3.8, 4) is 45.6 Å². The summed E-state index contributed by atoms with van der Waals surface area (Å²) >= 11 is 1.67. The Morgan fingerprint density at radius 1 is 0.377 bits per heavy atom. The summed E-state index contributed by atoms with van der Waals surface area (Å²) in [5, 5.41) is 0. The molecule has 0 aliphatic rings. The number of benzene rings is 8. The van der Waals surface area contributed by atoms with Crippen molar-refractivity contribution in [3.05, 3.63) is 228 Å². The molecule has 7 heteroatoms. The zero-order valence-electron chi connectivity index (χ0n) is 40.5. The van der Waals surface area contributed by atoms with E-state index >= 15 is 0 Å². The second-order valence-corrected chi connectivity index (χ2v) is 20.2. The number of carbonyl (C=O) groups is 2. The Hall–Kier alpha value is -7.35. The van der Waals surface area contributed by atoms with Crippen molar-refractivity contribution in [2.45, 2.75) is 88.2 Å². The van der Waals surface area contributed by atoms with Gasteiger partial charge in [0.1, 0.15) is 45.7 Å². The van der Waals surface area contributed by atoms with Crippen LogP contribution in [0.5, 0.6) is 34.5 Å². The SMILES string of the molecule is CC(C)c1ccc(C(=O)c2ccc(Oc3ccc(-c4ccc(OC(C)(C)C(C)c5ccc(C(=O)c6ccc(Oc7ccc(Sc8ccc(OC(C)(C)C)cc8)cc7)cc6)cc5)cc4)cc3)cc2)cc1. The van der Waals surface area contributed by atoms with Gasteiger partial charge in [-0.25, -0.2) is 0 Å². The first-order valence-corrected chi connectivity index (χ1v) is 24.2. The molecule has 0 saturated heterocycles. The van der Waals surface area contributed by atoms with E-state index in [0.717, 1.165) is 38.0 Å². The predicted molar refractivity (Wildman–Crippen MR) is 279 cm³/mol. The van der Waals surface area contributed by atoms with E-state index in [1.54, 1.807) is 36.0 Å². The lowest BCUT2D eigenvalue weighted by Crippen LogP contribution is -2.34. The molecule has 1 atom stereocenters. The van der Waals surface area contributed by atoms with Crippen molar-refractivity contribution in [2.75, 3.05) is 0 Å². The van der Waals surface area contributed by atoms with Gasteiger partial charge in [-0.05, 0) is 184 Å². The first-order valence-electron chi connectivity index (χ1n) is 23.4. The third-order valence-electron chi connectivity index (χ3n) is 12.0. The van der Waals surface area contributed by atoms with E-state index in [-0.39, 0.29) is 23.1 Å². The minimum atomic E-state index is -0.542. The highest BCUT2D eigenvalue weighted by atomic mass is 32.2. The molecule has 8 aromatic carbocycles. The summed E-state index contributed by atoms with van der Waals surface area (Å²) in [6, 6.07) is 62.3.